The Morgan fingerprint density at radius 1 is 1.43 bits per heavy atom. The summed E-state index contributed by atoms with van der Waals surface area (Å²) < 4.78 is 30.8. The summed E-state index contributed by atoms with van der Waals surface area (Å²) in [5.74, 6) is -1.97. The molecule has 1 unspecified atom stereocenters. The molecule has 1 saturated heterocycles. The topological polar surface area (TPSA) is 117 Å². The SMILES string of the molecule is CC(=O)NC1CCCN(S(=O)(=O)c2ccc(C(=O)O)o2)C1. The van der Waals surface area contributed by atoms with Crippen LogP contribution in [0.5, 0.6) is 0 Å². The van der Waals surface area contributed by atoms with Gasteiger partial charge >= 0.3 is 5.97 Å². The summed E-state index contributed by atoms with van der Waals surface area (Å²) in [7, 11) is -3.89. The van der Waals surface area contributed by atoms with Crippen molar-refractivity contribution in [3.63, 3.8) is 0 Å². The molecule has 0 radical (unpaired) electrons. The minimum Gasteiger partial charge on any atom is -0.475 e. The fourth-order valence-electron chi connectivity index (χ4n) is 2.27. The van der Waals surface area contributed by atoms with Crippen molar-refractivity contribution in [1.82, 2.24) is 9.62 Å². The van der Waals surface area contributed by atoms with Crippen molar-refractivity contribution in [2.45, 2.75) is 30.9 Å². The van der Waals surface area contributed by atoms with E-state index in [4.69, 9.17) is 9.52 Å². The molecule has 0 aliphatic carbocycles. The van der Waals surface area contributed by atoms with Gasteiger partial charge in [0.25, 0.3) is 10.0 Å². The van der Waals surface area contributed by atoms with Gasteiger partial charge in [0.15, 0.2) is 0 Å². The number of nitrogens with zero attached hydrogens (tertiary/aromatic N) is 1. The molecular weight excluding hydrogens is 300 g/mol. The third kappa shape index (κ3) is 3.42. The summed E-state index contributed by atoms with van der Waals surface area (Å²) >= 11 is 0. The number of hydrogen-bond acceptors (Lipinski definition) is 5. The highest BCUT2D eigenvalue weighted by Crippen LogP contribution is 2.22. The predicted octanol–water partition coefficient (Wildman–Crippen LogP) is 0.267. The summed E-state index contributed by atoms with van der Waals surface area (Å²) in [6.45, 7) is 1.83. The number of nitrogens with one attached hydrogen (secondary N) is 1. The maximum atomic E-state index is 12.4. The van der Waals surface area contributed by atoms with E-state index in [0.29, 0.717) is 19.4 Å². The highest BCUT2D eigenvalue weighted by atomic mass is 32.2. The lowest BCUT2D eigenvalue weighted by Crippen LogP contribution is -2.49. The molecular formula is C12H16N2O6S. The number of amides is 1. The lowest BCUT2D eigenvalue weighted by molar-refractivity contribution is -0.119. The molecule has 2 rings (SSSR count). The molecule has 1 aliphatic heterocycles. The average Bonchev–Trinajstić information content (AvgIpc) is 2.88. The Morgan fingerprint density at radius 3 is 2.71 bits per heavy atom. The Kier molecular flexibility index (Phi) is 4.33. The van der Waals surface area contributed by atoms with Crippen molar-refractivity contribution < 1.29 is 27.5 Å². The maximum absolute atomic E-state index is 12.4. The number of rotatable bonds is 4. The van der Waals surface area contributed by atoms with Crippen LogP contribution in [0, 0.1) is 0 Å². The zero-order valence-electron chi connectivity index (χ0n) is 11.4. The van der Waals surface area contributed by atoms with Crippen LogP contribution in [0.3, 0.4) is 0 Å². The van der Waals surface area contributed by atoms with Crippen LogP contribution < -0.4 is 5.32 Å². The second-order valence-corrected chi connectivity index (χ2v) is 6.70. The number of sulfonamides is 1. The van der Waals surface area contributed by atoms with E-state index in [0.717, 1.165) is 12.1 Å². The molecule has 0 bridgehead atoms. The number of carboxylic acids is 1. The minimum atomic E-state index is -3.89. The van der Waals surface area contributed by atoms with Gasteiger partial charge in [-0.05, 0) is 25.0 Å². The van der Waals surface area contributed by atoms with Gasteiger partial charge in [0.1, 0.15) is 0 Å². The molecule has 9 heteroatoms. The van der Waals surface area contributed by atoms with Crippen molar-refractivity contribution in [2.75, 3.05) is 13.1 Å². The third-order valence-electron chi connectivity index (χ3n) is 3.18. The number of carboxylic acid groups (broad SMARTS) is 1. The zero-order chi connectivity index (χ0) is 15.6. The van der Waals surface area contributed by atoms with Crippen LogP contribution in [0.1, 0.15) is 30.3 Å². The molecule has 2 N–H and O–H groups in total. The van der Waals surface area contributed by atoms with E-state index in [1.165, 1.54) is 11.2 Å². The van der Waals surface area contributed by atoms with Gasteiger partial charge in [-0.15, -0.1) is 0 Å². The van der Waals surface area contributed by atoms with Crippen LogP contribution in [-0.2, 0) is 14.8 Å². The molecule has 1 amide bonds. The van der Waals surface area contributed by atoms with E-state index in [2.05, 4.69) is 5.32 Å². The number of piperidine rings is 1. The van der Waals surface area contributed by atoms with Crippen LogP contribution >= 0.6 is 0 Å². The summed E-state index contributed by atoms with van der Waals surface area (Å²) in [6, 6.07) is 1.98. The van der Waals surface area contributed by atoms with Crippen LogP contribution in [0.2, 0.25) is 0 Å². The average molecular weight is 316 g/mol. The molecule has 1 aromatic heterocycles. The summed E-state index contributed by atoms with van der Waals surface area (Å²) in [6.07, 6.45) is 1.31. The van der Waals surface area contributed by atoms with Crippen LogP contribution in [-0.4, -0.2) is 48.8 Å². The zero-order valence-corrected chi connectivity index (χ0v) is 12.2. The monoisotopic (exact) mass is 316 g/mol. The van der Waals surface area contributed by atoms with Crippen LogP contribution in [0.25, 0.3) is 0 Å². The lowest BCUT2D eigenvalue weighted by Gasteiger charge is -2.31. The van der Waals surface area contributed by atoms with Crippen LogP contribution in [0.15, 0.2) is 21.6 Å². The molecule has 0 aromatic carbocycles. The van der Waals surface area contributed by atoms with E-state index in [9.17, 15) is 18.0 Å². The fourth-order valence-corrected chi connectivity index (χ4v) is 3.70. The first-order valence-corrected chi connectivity index (χ1v) is 7.85. The molecule has 1 aromatic rings. The standard InChI is InChI=1S/C12H16N2O6S/c1-8(15)13-9-3-2-6-14(7-9)21(18,19)11-5-4-10(20-11)12(16)17/h4-5,9H,2-3,6-7H2,1H3,(H,13,15)(H,16,17). The fraction of sp³-hybridized carbons (Fsp3) is 0.500. The first kappa shape index (κ1) is 15.5. The van der Waals surface area contributed by atoms with Gasteiger partial charge in [-0.25, -0.2) is 13.2 Å². The van der Waals surface area contributed by atoms with E-state index >= 15 is 0 Å². The Hall–Kier alpha value is -1.87. The Balaban J connectivity index is 2.18. The first-order chi connectivity index (χ1) is 9.80. The predicted molar refractivity (Wildman–Crippen MR) is 71.3 cm³/mol. The third-order valence-corrected chi connectivity index (χ3v) is 4.92. The van der Waals surface area contributed by atoms with Gasteiger partial charge in [-0.3, -0.25) is 4.79 Å². The van der Waals surface area contributed by atoms with Gasteiger partial charge in [0.05, 0.1) is 0 Å². The molecule has 0 spiro atoms. The van der Waals surface area contributed by atoms with Gasteiger partial charge in [0.2, 0.25) is 16.8 Å². The number of aromatic carboxylic acids is 1. The normalized spacial score (nSPS) is 20.1. The molecule has 0 saturated carbocycles. The van der Waals surface area contributed by atoms with Crippen molar-refractivity contribution >= 4 is 21.9 Å². The molecule has 1 aliphatic rings. The lowest BCUT2D eigenvalue weighted by atomic mass is 10.1. The van der Waals surface area contributed by atoms with Gasteiger partial charge < -0.3 is 14.8 Å². The Labute approximate surface area is 121 Å². The maximum Gasteiger partial charge on any atom is 0.371 e. The molecule has 116 valence electrons. The number of hydrogen-bond donors (Lipinski definition) is 2. The van der Waals surface area contributed by atoms with Crippen molar-refractivity contribution in [3.05, 3.63) is 17.9 Å². The number of carbonyl (C=O) groups excluding carboxylic acids is 1. The van der Waals surface area contributed by atoms with E-state index in [-0.39, 0.29) is 18.5 Å². The second-order valence-electron chi connectivity index (χ2n) is 4.83. The van der Waals surface area contributed by atoms with Gasteiger partial charge in [0, 0.05) is 26.1 Å². The first-order valence-electron chi connectivity index (χ1n) is 6.41. The second kappa shape index (κ2) is 5.86. The Bertz CT molecular complexity index is 650. The van der Waals surface area contributed by atoms with E-state index in [1.807, 2.05) is 0 Å². The van der Waals surface area contributed by atoms with Gasteiger partial charge in [-0.2, -0.15) is 4.31 Å². The quantitative estimate of drug-likeness (QED) is 0.823. The summed E-state index contributed by atoms with van der Waals surface area (Å²) in [4.78, 5) is 21.8. The molecule has 1 atom stereocenters. The van der Waals surface area contributed by atoms with Crippen molar-refractivity contribution in [2.24, 2.45) is 0 Å². The molecule has 8 nitrogen and oxygen atoms in total. The number of carbonyl (C=O) groups is 2. The van der Waals surface area contributed by atoms with Gasteiger partial charge in [-0.1, -0.05) is 0 Å². The summed E-state index contributed by atoms with van der Waals surface area (Å²) in [5, 5.41) is 11.1. The summed E-state index contributed by atoms with van der Waals surface area (Å²) in [5.41, 5.74) is 0. The largest absolute Gasteiger partial charge is 0.475 e. The van der Waals surface area contributed by atoms with Crippen LogP contribution in [0.4, 0.5) is 0 Å². The van der Waals surface area contributed by atoms with Crippen molar-refractivity contribution in [3.8, 4) is 0 Å². The molecule has 1 fully saturated rings. The molecule has 2 heterocycles. The molecule has 21 heavy (non-hydrogen) atoms. The van der Waals surface area contributed by atoms with E-state index in [1.54, 1.807) is 0 Å². The minimum absolute atomic E-state index is 0.144. The smallest absolute Gasteiger partial charge is 0.371 e. The highest BCUT2D eigenvalue weighted by molar-refractivity contribution is 7.89. The highest BCUT2D eigenvalue weighted by Gasteiger charge is 2.33. The van der Waals surface area contributed by atoms with E-state index < -0.39 is 26.8 Å². The van der Waals surface area contributed by atoms with Crippen molar-refractivity contribution in [1.29, 1.82) is 0 Å². The number of furan rings is 1. The Morgan fingerprint density at radius 2 is 2.14 bits per heavy atom.